The van der Waals surface area contributed by atoms with Crippen molar-refractivity contribution in [1.29, 1.82) is 0 Å². The molecule has 1 fully saturated rings. The van der Waals surface area contributed by atoms with Crippen molar-refractivity contribution >= 4 is 11.8 Å². The van der Waals surface area contributed by atoms with Crippen LogP contribution in [0.1, 0.15) is 97.3 Å². The van der Waals surface area contributed by atoms with E-state index < -0.39 is 11.7 Å². The highest BCUT2D eigenvalue weighted by Crippen LogP contribution is 2.37. The van der Waals surface area contributed by atoms with Gasteiger partial charge in [0.2, 0.25) is 0 Å². The van der Waals surface area contributed by atoms with Crippen LogP contribution in [0.4, 0.5) is 0 Å². The van der Waals surface area contributed by atoms with Gasteiger partial charge in [-0.15, -0.1) is 0 Å². The first-order valence-corrected chi connectivity index (χ1v) is 10.8. The Labute approximate surface area is 164 Å². The molecule has 1 rings (SSSR count). The highest BCUT2D eigenvalue weighted by Gasteiger charge is 2.40. The molecule has 0 amide bonds. The molecule has 1 aliphatic carbocycles. The summed E-state index contributed by atoms with van der Waals surface area (Å²) in [7, 11) is 1.41. The van der Waals surface area contributed by atoms with Crippen molar-refractivity contribution in [2.45, 2.75) is 109 Å². The van der Waals surface area contributed by atoms with Gasteiger partial charge in [-0.25, -0.2) is 0 Å². The Hall–Kier alpha value is -0.940. The molecule has 0 saturated heterocycles. The van der Waals surface area contributed by atoms with E-state index in [1.54, 1.807) is 0 Å². The molecule has 0 aromatic heterocycles. The average molecular weight is 385 g/mol. The number of aliphatic hydroxyl groups excluding tert-OH is 1. The van der Waals surface area contributed by atoms with E-state index in [1.807, 2.05) is 6.92 Å². The van der Waals surface area contributed by atoms with Crippen LogP contribution in [0.25, 0.3) is 0 Å². The molecular formula is C22H40O5. The number of rotatable bonds is 14. The van der Waals surface area contributed by atoms with Gasteiger partial charge in [0.25, 0.3) is 0 Å². The van der Waals surface area contributed by atoms with Crippen molar-refractivity contribution in [2.24, 2.45) is 11.8 Å². The SMILES string of the molecule is CCCCC(C)(O)CCC[C@H]1[C@H](O)CC(=O)[C@@H]1CCCCCCC(=O)OC. The molecule has 0 aromatic carbocycles. The summed E-state index contributed by atoms with van der Waals surface area (Å²) in [4.78, 5) is 23.4. The van der Waals surface area contributed by atoms with Gasteiger partial charge in [-0.2, -0.15) is 0 Å². The van der Waals surface area contributed by atoms with Crippen molar-refractivity contribution in [3.63, 3.8) is 0 Å². The van der Waals surface area contributed by atoms with E-state index in [9.17, 15) is 19.8 Å². The smallest absolute Gasteiger partial charge is 0.305 e. The number of carbonyl (C=O) groups is 2. The van der Waals surface area contributed by atoms with Gasteiger partial charge in [-0.3, -0.25) is 9.59 Å². The van der Waals surface area contributed by atoms with Crippen LogP contribution in [0.2, 0.25) is 0 Å². The lowest BCUT2D eigenvalue weighted by molar-refractivity contribution is -0.140. The van der Waals surface area contributed by atoms with Crippen molar-refractivity contribution in [3.8, 4) is 0 Å². The summed E-state index contributed by atoms with van der Waals surface area (Å²) < 4.78 is 4.63. The fraction of sp³-hybridized carbons (Fsp3) is 0.909. The molecule has 0 aliphatic heterocycles. The summed E-state index contributed by atoms with van der Waals surface area (Å²) in [6.07, 6.45) is 10.1. The highest BCUT2D eigenvalue weighted by atomic mass is 16.5. The number of ether oxygens (including phenoxy) is 1. The van der Waals surface area contributed by atoms with Gasteiger partial charge >= 0.3 is 5.97 Å². The third kappa shape index (κ3) is 9.20. The Morgan fingerprint density at radius 2 is 1.78 bits per heavy atom. The lowest BCUT2D eigenvalue weighted by Gasteiger charge is -2.26. The van der Waals surface area contributed by atoms with Crippen LogP contribution in [0, 0.1) is 11.8 Å². The zero-order valence-corrected chi connectivity index (χ0v) is 17.5. The molecule has 1 unspecified atom stereocenters. The lowest BCUT2D eigenvalue weighted by atomic mass is 9.83. The Bertz CT molecular complexity index is 446. The summed E-state index contributed by atoms with van der Waals surface area (Å²) >= 11 is 0. The topological polar surface area (TPSA) is 83.8 Å². The minimum Gasteiger partial charge on any atom is -0.469 e. The summed E-state index contributed by atoms with van der Waals surface area (Å²) in [5, 5.41) is 20.7. The molecule has 4 atom stereocenters. The molecule has 0 bridgehead atoms. The molecule has 1 aliphatic rings. The summed E-state index contributed by atoms with van der Waals surface area (Å²) in [6.45, 7) is 4.02. The van der Waals surface area contributed by atoms with Crippen molar-refractivity contribution in [1.82, 2.24) is 0 Å². The first-order chi connectivity index (χ1) is 12.8. The van der Waals surface area contributed by atoms with E-state index in [2.05, 4.69) is 11.7 Å². The number of aliphatic hydroxyl groups is 2. The number of esters is 1. The molecule has 5 nitrogen and oxygen atoms in total. The largest absolute Gasteiger partial charge is 0.469 e. The summed E-state index contributed by atoms with van der Waals surface area (Å²) in [6, 6.07) is 0. The van der Waals surface area contributed by atoms with E-state index in [0.29, 0.717) is 6.42 Å². The minimum atomic E-state index is -0.640. The third-order valence-electron chi connectivity index (χ3n) is 6.03. The second-order valence-electron chi connectivity index (χ2n) is 8.53. The fourth-order valence-corrected chi connectivity index (χ4v) is 4.27. The first kappa shape index (κ1) is 24.1. The number of ketones is 1. The van der Waals surface area contributed by atoms with Crippen LogP contribution in [0.3, 0.4) is 0 Å². The van der Waals surface area contributed by atoms with Crippen molar-refractivity contribution < 1.29 is 24.5 Å². The number of hydrogen-bond donors (Lipinski definition) is 2. The quantitative estimate of drug-likeness (QED) is 0.347. The monoisotopic (exact) mass is 384 g/mol. The average Bonchev–Trinajstić information content (AvgIpc) is 2.89. The summed E-state index contributed by atoms with van der Waals surface area (Å²) in [5.41, 5.74) is -0.640. The molecule has 0 radical (unpaired) electrons. The second-order valence-corrected chi connectivity index (χ2v) is 8.53. The van der Waals surface area contributed by atoms with Gasteiger partial charge in [0, 0.05) is 18.8 Å². The van der Waals surface area contributed by atoms with Crippen LogP contribution >= 0.6 is 0 Å². The molecule has 1 saturated carbocycles. The number of carbonyl (C=O) groups excluding carboxylic acids is 2. The van der Waals surface area contributed by atoms with E-state index >= 15 is 0 Å². The zero-order chi connectivity index (χ0) is 20.3. The van der Waals surface area contributed by atoms with E-state index in [1.165, 1.54) is 7.11 Å². The van der Waals surface area contributed by atoms with Crippen LogP contribution in [0.15, 0.2) is 0 Å². The highest BCUT2D eigenvalue weighted by molar-refractivity contribution is 5.84. The molecule has 5 heteroatoms. The molecular weight excluding hydrogens is 344 g/mol. The first-order valence-electron chi connectivity index (χ1n) is 10.8. The Morgan fingerprint density at radius 3 is 2.44 bits per heavy atom. The lowest BCUT2D eigenvalue weighted by Crippen LogP contribution is -2.26. The minimum absolute atomic E-state index is 0.0366. The van der Waals surface area contributed by atoms with Crippen molar-refractivity contribution in [2.75, 3.05) is 7.11 Å². The third-order valence-corrected chi connectivity index (χ3v) is 6.03. The van der Waals surface area contributed by atoms with Gasteiger partial charge in [-0.1, -0.05) is 45.4 Å². The molecule has 0 aromatic rings. The van der Waals surface area contributed by atoms with Crippen LogP contribution < -0.4 is 0 Å². The second kappa shape index (κ2) is 12.5. The maximum Gasteiger partial charge on any atom is 0.305 e. The molecule has 27 heavy (non-hydrogen) atoms. The molecule has 158 valence electrons. The number of methoxy groups -OCH3 is 1. The Kier molecular flexibility index (Phi) is 11.2. The van der Waals surface area contributed by atoms with Crippen LogP contribution in [-0.2, 0) is 14.3 Å². The van der Waals surface area contributed by atoms with Gasteiger partial charge in [0.05, 0.1) is 18.8 Å². The normalized spacial score (nSPS) is 24.8. The molecule has 0 spiro atoms. The zero-order valence-electron chi connectivity index (χ0n) is 17.5. The predicted molar refractivity (Wildman–Crippen MR) is 106 cm³/mol. The van der Waals surface area contributed by atoms with E-state index in [-0.39, 0.29) is 30.0 Å². The van der Waals surface area contributed by atoms with Crippen LogP contribution in [0.5, 0.6) is 0 Å². The van der Waals surface area contributed by atoms with Crippen LogP contribution in [-0.4, -0.2) is 40.8 Å². The number of Topliss-reactive ketones (excluding diaryl/α,β-unsaturated/α-hetero) is 1. The fourth-order valence-electron chi connectivity index (χ4n) is 4.27. The predicted octanol–water partition coefficient (Wildman–Crippen LogP) is 4.18. The Morgan fingerprint density at radius 1 is 1.11 bits per heavy atom. The van der Waals surface area contributed by atoms with Gasteiger partial charge in [-0.05, 0) is 44.9 Å². The standard InChI is InChI=1S/C22H40O5/c1-4-5-14-22(2,26)15-10-12-18-17(19(23)16-20(18)24)11-8-6-7-9-13-21(25)27-3/h17-18,20,24,26H,4-16H2,1-3H3/t17-,18-,20-,22?/m1/s1. The van der Waals surface area contributed by atoms with Gasteiger partial charge in [0.1, 0.15) is 5.78 Å². The molecule has 0 heterocycles. The maximum atomic E-state index is 12.3. The maximum absolute atomic E-state index is 12.3. The van der Waals surface area contributed by atoms with E-state index in [4.69, 9.17) is 0 Å². The number of unbranched alkanes of at least 4 members (excludes halogenated alkanes) is 4. The summed E-state index contributed by atoms with van der Waals surface area (Å²) in [5.74, 6) is 0.0227. The Balaban J connectivity index is 2.33. The molecule has 2 N–H and O–H groups in total. The van der Waals surface area contributed by atoms with Crippen molar-refractivity contribution in [3.05, 3.63) is 0 Å². The van der Waals surface area contributed by atoms with Gasteiger partial charge in [0.15, 0.2) is 0 Å². The van der Waals surface area contributed by atoms with Gasteiger partial charge < -0.3 is 14.9 Å². The van der Waals surface area contributed by atoms with E-state index in [0.717, 1.165) is 70.6 Å². The number of hydrogen-bond acceptors (Lipinski definition) is 5.